The summed E-state index contributed by atoms with van der Waals surface area (Å²) in [5.74, 6) is 0. The van der Waals surface area contributed by atoms with E-state index in [0.29, 0.717) is 13.2 Å². The van der Waals surface area contributed by atoms with Crippen LogP contribution in [0.15, 0.2) is 0 Å². The third-order valence-electron chi connectivity index (χ3n) is 5.56. The van der Waals surface area contributed by atoms with Gasteiger partial charge in [-0.25, -0.2) is 0 Å². The van der Waals surface area contributed by atoms with E-state index in [1.807, 2.05) is 0 Å². The van der Waals surface area contributed by atoms with Crippen LogP contribution >= 0.6 is 12.6 Å². The van der Waals surface area contributed by atoms with E-state index in [0.717, 1.165) is 26.1 Å². The summed E-state index contributed by atoms with van der Waals surface area (Å²) in [6, 6.07) is 0. The van der Waals surface area contributed by atoms with Gasteiger partial charge in [0, 0.05) is 18.5 Å². The highest BCUT2D eigenvalue weighted by Crippen LogP contribution is 2.15. The lowest BCUT2D eigenvalue weighted by molar-refractivity contribution is -0.163. The van der Waals surface area contributed by atoms with Crippen LogP contribution in [-0.4, -0.2) is 38.0 Å². The largest absolute Gasteiger partial charge is 0.380 e. The second-order valence-corrected chi connectivity index (χ2v) is 9.18. The predicted molar refractivity (Wildman–Crippen MR) is 123 cm³/mol. The summed E-state index contributed by atoms with van der Waals surface area (Å²) in [5, 5.41) is 0.150. The Kier molecular flexibility index (Phi) is 19.2. The Morgan fingerprint density at radius 2 is 1.36 bits per heavy atom. The smallest absolute Gasteiger partial charge is 0.157 e. The Hall–Kier alpha value is 0.230. The van der Waals surface area contributed by atoms with E-state index in [9.17, 15) is 0 Å². The van der Waals surface area contributed by atoms with Crippen LogP contribution in [0.4, 0.5) is 0 Å². The Morgan fingerprint density at radius 1 is 0.786 bits per heavy atom. The highest BCUT2D eigenvalue weighted by molar-refractivity contribution is 7.81. The molecule has 0 saturated carbocycles. The average molecular weight is 417 g/mol. The predicted octanol–water partition coefficient (Wildman–Crippen LogP) is 7.33. The Bertz CT molecular complexity index is 308. The van der Waals surface area contributed by atoms with E-state index >= 15 is 0 Å². The van der Waals surface area contributed by atoms with Crippen LogP contribution in [0.25, 0.3) is 0 Å². The molecule has 3 nitrogen and oxygen atoms in total. The number of rotatable bonds is 20. The molecule has 2 atom stereocenters. The molecule has 1 aliphatic rings. The van der Waals surface area contributed by atoms with E-state index in [1.165, 1.54) is 96.3 Å². The van der Waals surface area contributed by atoms with Crippen molar-refractivity contribution < 1.29 is 14.2 Å². The first-order valence-electron chi connectivity index (χ1n) is 12.3. The molecule has 0 aromatic rings. The van der Waals surface area contributed by atoms with Crippen molar-refractivity contribution >= 4 is 12.6 Å². The van der Waals surface area contributed by atoms with Crippen molar-refractivity contribution in [3.8, 4) is 0 Å². The molecular formula is C24H48O3S. The number of ether oxygens (including phenoxy) is 3. The number of hydrogen-bond donors (Lipinski definition) is 1. The molecule has 0 aliphatic carbocycles. The summed E-state index contributed by atoms with van der Waals surface area (Å²) in [7, 11) is 0. The maximum atomic E-state index is 5.75. The monoisotopic (exact) mass is 416 g/mol. The summed E-state index contributed by atoms with van der Waals surface area (Å²) in [6.07, 6.45) is 22.9. The molecular weight excluding hydrogens is 368 g/mol. The highest BCUT2D eigenvalue weighted by Gasteiger charge is 2.15. The lowest BCUT2D eigenvalue weighted by Gasteiger charge is -2.24. The molecule has 4 heteroatoms. The molecule has 0 aromatic heterocycles. The molecule has 28 heavy (non-hydrogen) atoms. The average Bonchev–Trinajstić information content (AvgIpc) is 2.72. The zero-order chi connectivity index (χ0) is 20.1. The maximum absolute atomic E-state index is 5.75. The standard InChI is InChI=1S/C24H48O3S/c1-2-3-4-5-6-7-8-9-10-11-12-13-14-16-19-25-21-23(28)22-27-24-18-15-17-20-26-24/h23-24,28H,2-22H2,1H3/t23-,24?/m1/s1. The third kappa shape index (κ3) is 17.1. The van der Waals surface area contributed by atoms with Crippen molar-refractivity contribution in [1.82, 2.24) is 0 Å². The van der Waals surface area contributed by atoms with Crippen molar-refractivity contribution in [2.24, 2.45) is 0 Å². The number of hydrogen-bond acceptors (Lipinski definition) is 4. The summed E-state index contributed by atoms with van der Waals surface area (Å²) in [4.78, 5) is 0. The SMILES string of the molecule is CCCCCCCCCCCCCCCCOC[C@@H](S)COC1CCCCO1. The van der Waals surface area contributed by atoms with Gasteiger partial charge in [0.1, 0.15) is 0 Å². The number of unbranched alkanes of at least 4 members (excludes halogenated alkanes) is 13. The molecule has 1 saturated heterocycles. The van der Waals surface area contributed by atoms with Crippen LogP contribution in [0, 0.1) is 0 Å². The van der Waals surface area contributed by atoms with Gasteiger partial charge in [-0.05, 0) is 25.7 Å². The quantitative estimate of drug-likeness (QED) is 0.166. The fourth-order valence-electron chi connectivity index (χ4n) is 3.73. The topological polar surface area (TPSA) is 27.7 Å². The zero-order valence-corrected chi connectivity index (χ0v) is 19.6. The molecule has 0 amide bonds. The van der Waals surface area contributed by atoms with Crippen LogP contribution < -0.4 is 0 Å². The van der Waals surface area contributed by atoms with E-state index in [1.54, 1.807) is 0 Å². The Balaban J connectivity index is 1.71. The second-order valence-electron chi connectivity index (χ2n) is 8.45. The third-order valence-corrected chi connectivity index (χ3v) is 5.86. The van der Waals surface area contributed by atoms with Crippen LogP contribution in [0.2, 0.25) is 0 Å². The Morgan fingerprint density at radius 3 is 1.89 bits per heavy atom. The molecule has 168 valence electrons. The molecule has 0 radical (unpaired) electrons. The van der Waals surface area contributed by atoms with E-state index in [-0.39, 0.29) is 11.5 Å². The van der Waals surface area contributed by atoms with Gasteiger partial charge in [-0.3, -0.25) is 0 Å². The van der Waals surface area contributed by atoms with E-state index in [4.69, 9.17) is 14.2 Å². The summed E-state index contributed by atoms with van der Waals surface area (Å²) < 4.78 is 17.1. The van der Waals surface area contributed by atoms with Crippen LogP contribution in [0.5, 0.6) is 0 Å². The molecule has 1 fully saturated rings. The van der Waals surface area contributed by atoms with Gasteiger partial charge in [0.25, 0.3) is 0 Å². The molecule has 0 aromatic carbocycles. The van der Waals surface area contributed by atoms with Gasteiger partial charge in [0.2, 0.25) is 0 Å². The van der Waals surface area contributed by atoms with Gasteiger partial charge in [0.15, 0.2) is 6.29 Å². The maximum Gasteiger partial charge on any atom is 0.157 e. The van der Waals surface area contributed by atoms with Crippen molar-refractivity contribution in [2.45, 2.75) is 128 Å². The zero-order valence-electron chi connectivity index (χ0n) is 18.7. The fourth-order valence-corrected chi connectivity index (χ4v) is 3.92. The highest BCUT2D eigenvalue weighted by atomic mass is 32.1. The molecule has 0 spiro atoms. The first kappa shape index (κ1) is 26.3. The van der Waals surface area contributed by atoms with Crippen LogP contribution in [0.3, 0.4) is 0 Å². The molecule has 0 bridgehead atoms. The van der Waals surface area contributed by atoms with Gasteiger partial charge in [-0.1, -0.05) is 90.4 Å². The number of thiol groups is 1. The van der Waals surface area contributed by atoms with Gasteiger partial charge >= 0.3 is 0 Å². The lowest BCUT2D eigenvalue weighted by atomic mass is 10.0. The fraction of sp³-hybridized carbons (Fsp3) is 1.00. The van der Waals surface area contributed by atoms with Gasteiger partial charge < -0.3 is 14.2 Å². The first-order chi connectivity index (χ1) is 13.8. The van der Waals surface area contributed by atoms with Gasteiger partial charge in [-0.2, -0.15) is 12.6 Å². The van der Waals surface area contributed by atoms with Gasteiger partial charge in [-0.15, -0.1) is 0 Å². The van der Waals surface area contributed by atoms with Gasteiger partial charge in [0.05, 0.1) is 13.2 Å². The molecule has 1 aliphatic heterocycles. The summed E-state index contributed by atoms with van der Waals surface area (Å²) >= 11 is 4.55. The van der Waals surface area contributed by atoms with Crippen molar-refractivity contribution in [1.29, 1.82) is 0 Å². The van der Waals surface area contributed by atoms with Crippen molar-refractivity contribution in [3.63, 3.8) is 0 Å². The van der Waals surface area contributed by atoms with Crippen molar-refractivity contribution in [3.05, 3.63) is 0 Å². The molecule has 1 unspecified atom stereocenters. The minimum Gasteiger partial charge on any atom is -0.380 e. The summed E-state index contributed by atoms with van der Waals surface area (Å²) in [5.41, 5.74) is 0. The summed E-state index contributed by atoms with van der Waals surface area (Å²) in [6.45, 7) is 5.27. The van der Waals surface area contributed by atoms with Crippen LogP contribution in [0.1, 0.15) is 116 Å². The minimum absolute atomic E-state index is 0.0193. The van der Waals surface area contributed by atoms with E-state index < -0.39 is 0 Å². The van der Waals surface area contributed by atoms with E-state index in [2.05, 4.69) is 19.6 Å². The second kappa shape index (κ2) is 20.5. The Labute approximate surface area is 181 Å². The first-order valence-corrected chi connectivity index (χ1v) is 12.8. The lowest BCUT2D eigenvalue weighted by Crippen LogP contribution is -2.27. The normalized spacial score (nSPS) is 18.4. The van der Waals surface area contributed by atoms with Crippen LogP contribution in [-0.2, 0) is 14.2 Å². The molecule has 0 N–H and O–H groups in total. The molecule has 1 heterocycles. The minimum atomic E-state index is -0.0193. The van der Waals surface area contributed by atoms with Crippen molar-refractivity contribution in [2.75, 3.05) is 26.4 Å². The molecule has 1 rings (SSSR count).